The predicted octanol–water partition coefficient (Wildman–Crippen LogP) is 1.44. The Labute approximate surface area is 104 Å². The molecule has 2 unspecified atom stereocenters. The molecule has 0 spiro atoms. The summed E-state index contributed by atoms with van der Waals surface area (Å²) < 4.78 is 5.11. The van der Waals surface area contributed by atoms with Crippen LogP contribution in [0.15, 0.2) is 24.4 Å². The molecule has 0 aliphatic rings. The summed E-state index contributed by atoms with van der Waals surface area (Å²) in [6.07, 6.45) is 2.74. The fraction of sp³-hybridized carbons (Fsp3) is 0.615. The van der Waals surface area contributed by atoms with Crippen LogP contribution < -0.4 is 5.73 Å². The van der Waals surface area contributed by atoms with Gasteiger partial charge in [-0.2, -0.15) is 0 Å². The van der Waals surface area contributed by atoms with Gasteiger partial charge in [0.05, 0.1) is 18.3 Å². The molecule has 0 bridgehead atoms. The zero-order chi connectivity index (χ0) is 12.7. The highest BCUT2D eigenvalue weighted by molar-refractivity contribution is 5.11. The first kappa shape index (κ1) is 14.1. The summed E-state index contributed by atoms with van der Waals surface area (Å²) in [5.41, 5.74) is 7.23. The summed E-state index contributed by atoms with van der Waals surface area (Å²) in [5, 5.41) is 0. The van der Waals surface area contributed by atoms with Crippen molar-refractivity contribution >= 4 is 0 Å². The molecule has 0 aliphatic carbocycles. The zero-order valence-corrected chi connectivity index (χ0v) is 11.0. The Hall–Kier alpha value is -0.970. The first-order valence-electron chi connectivity index (χ1n) is 6.06. The number of nitrogens with two attached hydrogens (primary N) is 1. The second-order valence-corrected chi connectivity index (χ2v) is 4.24. The number of hydrogen-bond acceptors (Lipinski definition) is 4. The Bertz CT molecular complexity index is 305. The SMILES string of the molecule is CCC(N)C(c1ccccn1)N(C)CCOC. The van der Waals surface area contributed by atoms with Crippen molar-refractivity contribution in [3.8, 4) is 0 Å². The molecule has 4 nitrogen and oxygen atoms in total. The Morgan fingerprint density at radius 1 is 1.47 bits per heavy atom. The Kier molecular flexibility index (Phi) is 6.11. The fourth-order valence-electron chi connectivity index (χ4n) is 1.92. The Balaban J connectivity index is 2.80. The van der Waals surface area contributed by atoms with Crippen LogP contribution in [0, 0.1) is 0 Å². The van der Waals surface area contributed by atoms with Gasteiger partial charge in [-0.3, -0.25) is 9.88 Å². The average Bonchev–Trinajstić information content (AvgIpc) is 2.37. The second kappa shape index (κ2) is 7.37. The maximum Gasteiger partial charge on any atom is 0.0671 e. The van der Waals surface area contributed by atoms with Crippen LogP contribution in [0.25, 0.3) is 0 Å². The second-order valence-electron chi connectivity index (χ2n) is 4.24. The van der Waals surface area contributed by atoms with E-state index in [2.05, 4.69) is 23.9 Å². The molecular weight excluding hydrogens is 214 g/mol. The summed E-state index contributed by atoms with van der Waals surface area (Å²) in [4.78, 5) is 6.62. The number of likely N-dealkylation sites (N-methyl/N-ethyl adjacent to an activating group) is 1. The molecule has 2 atom stereocenters. The predicted molar refractivity (Wildman–Crippen MR) is 69.8 cm³/mol. The molecule has 0 saturated heterocycles. The third kappa shape index (κ3) is 4.07. The van der Waals surface area contributed by atoms with E-state index in [4.69, 9.17) is 10.5 Å². The average molecular weight is 237 g/mol. The number of ether oxygens (including phenoxy) is 1. The van der Waals surface area contributed by atoms with Crippen LogP contribution in [0.1, 0.15) is 25.1 Å². The highest BCUT2D eigenvalue weighted by Crippen LogP contribution is 2.21. The Morgan fingerprint density at radius 3 is 2.76 bits per heavy atom. The van der Waals surface area contributed by atoms with Gasteiger partial charge in [-0.1, -0.05) is 13.0 Å². The van der Waals surface area contributed by atoms with Crippen molar-refractivity contribution in [3.05, 3.63) is 30.1 Å². The van der Waals surface area contributed by atoms with E-state index >= 15 is 0 Å². The molecule has 4 heteroatoms. The van der Waals surface area contributed by atoms with E-state index in [0.29, 0.717) is 6.61 Å². The maximum absolute atomic E-state index is 6.20. The summed E-state index contributed by atoms with van der Waals surface area (Å²) >= 11 is 0. The van der Waals surface area contributed by atoms with E-state index in [1.807, 2.05) is 24.4 Å². The van der Waals surface area contributed by atoms with Crippen molar-refractivity contribution in [1.29, 1.82) is 0 Å². The third-order valence-electron chi connectivity index (χ3n) is 2.99. The zero-order valence-electron chi connectivity index (χ0n) is 11.0. The van der Waals surface area contributed by atoms with Gasteiger partial charge in [0.25, 0.3) is 0 Å². The number of rotatable bonds is 7. The minimum Gasteiger partial charge on any atom is -0.383 e. The molecule has 0 amide bonds. The number of aromatic nitrogens is 1. The fourth-order valence-corrected chi connectivity index (χ4v) is 1.92. The number of nitrogens with zero attached hydrogens (tertiary/aromatic N) is 2. The van der Waals surface area contributed by atoms with Crippen molar-refractivity contribution in [2.45, 2.75) is 25.4 Å². The minimum absolute atomic E-state index is 0.0896. The van der Waals surface area contributed by atoms with Crippen LogP contribution in [0.2, 0.25) is 0 Å². The van der Waals surface area contributed by atoms with E-state index in [-0.39, 0.29) is 12.1 Å². The van der Waals surface area contributed by atoms with Crippen LogP contribution in [-0.2, 0) is 4.74 Å². The third-order valence-corrected chi connectivity index (χ3v) is 2.99. The highest BCUT2D eigenvalue weighted by Gasteiger charge is 2.23. The molecular formula is C13H23N3O. The standard InChI is InChI=1S/C13H23N3O/c1-4-11(14)13(16(2)9-10-17-3)12-7-5-6-8-15-12/h5-8,11,13H,4,9-10,14H2,1-3H3. The lowest BCUT2D eigenvalue weighted by molar-refractivity contribution is 0.126. The van der Waals surface area contributed by atoms with Crippen LogP contribution in [0.3, 0.4) is 0 Å². The van der Waals surface area contributed by atoms with Crippen LogP contribution >= 0.6 is 0 Å². The number of methoxy groups -OCH3 is 1. The van der Waals surface area contributed by atoms with Crippen LogP contribution in [0.4, 0.5) is 0 Å². The van der Waals surface area contributed by atoms with Gasteiger partial charge in [-0.25, -0.2) is 0 Å². The van der Waals surface area contributed by atoms with E-state index < -0.39 is 0 Å². The van der Waals surface area contributed by atoms with Gasteiger partial charge in [0.1, 0.15) is 0 Å². The summed E-state index contributed by atoms with van der Waals surface area (Å²) in [6, 6.07) is 6.20. The lowest BCUT2D eigenvalue weighted by Gasteiger charge is -2.31. The normalized spacial score (nSPS) is 14.9. The van der Waals surface area contributed by atoms with Gasteiger partial charge in [0.2, 0.25) is 0 Å². The molecule has 0 saturated carbocycles. The monoisotopic (exact) mass is 237 g/mol. The maximum atomic E-state index is 6.20. The molecule has 1 aromatic rings. The molecule has 2 N–H and O–H groups in total. The number of pyridine rings is 1. The number of hydrogen-bond donors (Lipinski definition) is 1. The molecule has 0 radical (unpaired) electrons. The minimum atomic E-state index is 0.0896. The van der Waals surface area contributed by atoms with E-state index in [0.717, 1.165) is 18.7 Å². The summed E-state index contributed by atoms with van der Waals surface area (Å²) in [6.45, 7) is 3.66. The molecule has 1 aromatic heterocycles. The lowest BCUT2D eigenvalue weighted by atomic mass is 10.0. The van der Waals surface area contributed by atoms with Crippen LogP contribution in [-0.4, -0.2) is 43.2 Å². The van der Waals surface area contributed by atoms with Gasteiger partial charge in [0.15, 0.2) is 0 Å². The Morgan fingerprint density at radius 2 is 2.24 bits per heavy atom. The molecule has 96 valence electrons. The van der Waals surface area contributed by atoms with Crippen molar-refractivity contribution in [2.75, 3.05) is 27.3 Å². The van der Waals surface area contributed by atoms with Crippen LogP contribution in [0.5, 0.6) is 0 Å². The van der Waals surface area contributed by atoms with Crippen molar-refractivity contribution in [2.24, 2.45) is 5.73 Å². The van der Waals surface area contributed by atoms with Gasteiger partial charge in [-0.15, -0.1) is 0 Å². The van der Waals surface area contributed by atoms with Gasteiger partial charge >= 0.3 is 0 Å². The quantitative estimate of drug-likeness (QED) is 0.779. The van der Waals surface area contributed by atoms with E-state index in [1.165, 1.54) is 0 Å². The molecule has 0 aliphatic heterocycles. The highest BCUT2D eigenvalue weighted by atomic mass is 16.5. The van der Waals surface area contributed by atoms with Gasteiger partial charge in [0, 0.05) is 25.9 Å². The largest absolute Gasteiger partial charge is 0.383 e. The lowest BCUT2D eigenvalue weighted by Crippen LogP contribution is -2.40. The molecule has 17 heavy (non-hydrogen) atoms. The van der Waals surface area contributed by atoms with Crippen molar-refractivity contribution < 1.29 is 4.74 Å². The first-order chi connectivity index (χ1) is 8.20. The van der Waals surface area contributed by atoms with Gasteiger partial charge in [-0.05, 0) is 25.6 Å². The van der Waals surface area contributed by atoms with E-state index in [1.54, 1.807) is 7.11 Å². The first-order valence-corrected chi connectivity index (χ1v) is 6.06. The van der Waals surface area contributed by atoms with Crippen molar-refractivity contribution in [3.63, 3.8) is 0 Å². The summed E-state index contributed by atoms with van der Waals surface area (Å²) in [5.74, 6) is 0. The molecule has 1 rings (SSSR count). The van der Waals surface area contributed by atoms with Crippen molar-refractivity contribution in [1.82, 2.24) is 9.88 Å². The topological polar surface area (TPSA) is 51.4 Å². The smallest absolute Gasteiger partial charge is 0.0671 e. The van der Waals surface area contributed by atoms with Gasteiger partial charge < -0.3 is 10.5 Å². The molecule has 1 heterocycles. The van der Waals surface area contributed by atoms with E-state index in [9.17, 15) is 0 Å². The molecule has 0 aromatic carbocycles. The molecule has 0 fully saturated rings. The summed E-state index contributed by atoms with van der Waals surface area (Å²) in [7, 11) is 3.78.